The number of nitrogen functional groups attached to an aromatic ring is 1. The maximum atomic E-state index is 13.3. The molecule has 3 aromatic rings. The van der Waals surface area contributed by atoms with Crippen molar-refractivity contribution in [1.82, 2.24) is 15.2 Å². The summed E-state index contributed by atoms with van der Waals surface area (Å²) in [6.07, 6.45) is 4.20. The van der Waals surface area contributed by atoms with E-state index < -0.39 is 40.8 Å². The molecule has 2 amide bonds. The monoisotopic (exact) mass is 711 g/mol. The highest BCUT2D eigenvalue weighted by atomic mass is 32.2. The SMILES string of the molecule is CC(CC1=C(C(=O)O)N2C(=O)[C@@H](NC(=O)/C(=N\OC(C)(C)C(=O)O)c3csc(N)n3)[C@H]2SC1)Cc1ccc(C[n+]2ccc(O)c(O)c2)cc1. The van der Waals surface area contributed by atoms with E-state index in [-0.39, 0.29) is 39.7 Å². The summed E-state index contributed by atoms with van der Waals surface area (Å²) in [7, 11) is 0. The molecule has 0 saturated carbocycles. The summed E-state index contributed by atoms with van der Waals surface area (Å²) in [5, 5.41) is 46.0. The Kier molecular flexibility index (Phi) is 10.1. The van der Waals surface area contributed by atoms with Crippen LogP contribution < -0.4 is 15.6 Å². The van der Waals surface area contributed by atoms with Crippen molar-refractivity contribution in [2.75, 3.05) is 11.5 Å². The van der Waals surface area contributed by atoms with Crippen molar-refractivity contribution in [2.45, 2.75) is 57.2 Å². The molecule has 49 heavy (non-hydrogen) atoms. The highest BCUT2D eigenvalue weighted by molar-refractivity contribution is 8.00. The number of carbonyl (C=O) groups is 4. The van der Waals surface area contributed by atoms with Crippen molar-refractivity contribution in [2.24, 2.45) is 11.1 Å². The number of hydrogen-bond donors (Lipinski definition) is 6. The molecule has 2 aromatic heterocycles. The van der Waals surface area contributed by atoms with Crippen molar-refractivity contribution >= 4 is 57.7 Å². The normalized spacial score (nSPS) is 18.4. The topological polar surface area (TPSA) is 229 Å². The molecule has 1 fully saturated rings. The molecule has 4 heterocycles. The van der Waals surface area contributed by atoms with Crippen LogP contribution in [0.25, 0.3) is 0 Å². The lowest BCUT2D eigenvalue weighted by atomic mass is 9.92. The second-order valence-electron chi connectivity index (χ2n) is 12.3. The minimum absolute atomic E-state index is 0.0228. The molecular weight excluding hydrogens is 677 g/mol. The zero-order chi connectivity index (χ0) is 35.6. The number of nitrogens with two attached hydrogens (primary N) is 1. The van der Waals surface area contributed by atoms with Crippen LogP contribution in [-0.4, -0.2) is 82.5 Å². The average molecular weight is 712 g/mol. The van der Waals surface area contributed by atoms with Gasteiger partial charge in [-0.05, 0) is 43.7 Å². The molecule has 1 aromatic carbocycles. The summed E-state index contributed by atoms with van der Waals surface area (Å²) in [5.74, 6) is -4.05. The number of β-lactam (4-membered cyclic amide) rings is 1. The fourth-order valence-corrected chi connectivity index (χ4v) is 7.26. The second-order valence-corrected chi connectivity index (χ2v) is 14.2. The fourth-order valence-electron chi connectivity index (χ4n) is 5.35. The maximum absolute atomic E-state index is 13.3. The molecule has 0 bridgehead atoms. The number of rotatable bonds is 13. The number of carboxylic acids is 2. The van der Waals surface area contributed by atoms with Gasteiger partial charge in [-0.25, -0.2) is 14.6 Å². The van der Waals surface area contributed by atoms with Crippen molar-refractivity contribution in [3.05, 3.63) is 76.2 Å². The summed E-state index contributed by atoms with van der Waals surface area (Å²) >= 11 is 2.36. The first-order valence-electron chi connectivity index (χ1n) is 15.0. The van der Waals surface area contributed by atoms with Gasteiger partial charge < -0.3 is 36.3 Å². The number of thioether (sulfide) groups is 1. The van der Waals surface area contributed by atoms with Gasteiger partial charge in [0, 0.05) is 22.8 Å². The van der Waals surface area contributed by atoms with E-state index in [2.05, 4.69) is 15.5 Å². The Morgan fingerprint density at radius 2 is 1.84 bits per heavy atom. The number of hydrogen-bond acceptors (Lipinski definition) is 12. The number of nitrogens with zero attached hydrogens (tertiary/aromatic N) is 4. The zero-order valence-corrected chi connectivity index (χ0v) is 28.3. The Labute approximate surface area is 288 Å². The zero-order valence-electron chi connectivity index (χ0n) is 26.7. The molecule has 0 radical (unpaired) electrons. The predicted octanol–water partition coefficient (Wildman–Crippen LogP) is 2.06. The van der Waals surface area contributed by atoms with E-state index in [0.29, 0.717) is 30.7 Å². The summed E-state index contributed by atoms with van der Waals surface area (Å²) < 4.78 is 1.74. The Balaban J connectivity index is 1.24. The van der Waals surface area contributed by atoms with Crippen LogP contribution in [0.4, 0.5) is 5.13 Å². The van der Waals surface area contributed by atoms with Gasteiger partial charge in [0.15, 0.2) is 29.3 Å². The Hall–Kier alpha value is -5.16. The van der Waals surface area contributed by atoms with Gasteiger partial charge in [-0.3, -0.25) is 14.5 Å². The van der Waals surface area contributed by atoms with Gasteiger partial charge in [-0.1, -0.05) is 36.3 Å². The summed E-state index contributed by atoms with van der Waals surface area (Å²) in [5.41, 5.74) is 6.14. The van der Waals surface area contributed by atoms with Crippen LogP contribution in [0.5, 0.6) is 11.5 Å². The van der Waals surface area contributed by atoms with Gasteiger partial charge in [0.25, 0.3) is 11.8 Å². The van der Waals surface area contributed by atoms with Crippen molar-refractivity contribution in [3.63, 3.8) is 0 Å². The molecule has 1 saturated heterocycles. The van der Waals surface area contributed by atoms with Gasteiger partial charge in [0.1, 0.15) is 22.8 Å². The van der Waals surface area contributed by atoms with E-state index in [9.17, 15) is 39.6 Å². The first-order valence-corrected chi connectivity index (χ1v) is 17.0. The van der Waals surface area contributed by atoms with Crippen LogP contribution in [0.1, 0.15) is 44.0 Å². The Morgan fingerprint density at radius 1 is 1.14 bits per heavy atom. The quantitative estimate of drug-likeness (QED) is 0.0648. The highest BCUT2D eigenvalue weighted by Gasteiger charge is 2.54. The summed E-state index contributed by atoms with van der Waals surface area (Å²) in [6.45, 7) is 5.00. The predicted molar refractivity (Wildman–Crippen MR) is 179 cm³/mol. The number of carbonyl (C=O) groups excluding carboxylic acids is 2. The van der Waals surface area contributed by atoms with Crippen LogP contribution in [0.2, 0.25) is 0 Å². The second kappa shape index (κ2) is 14.1. The number of carboxylic acid groups (broad SMARTS) is 2. The first kappa shape index (κ1) is 35.2. The number of fused-ring (bicyclic) bond motifs is 1. The minimum Gasteiger partial charge on any atom is -0.504 e. The number of oxime groups is 1. The molecule has 5 rings (SSSR count). The summed E-state index contributed by atoms with van der Waals surface area (Å²) in [6, 6.07) is 8.25. The molecule has 258 valence electrons. The third-order valence-corrected chi connectivity index (χ3v) is 9.95. The molecule has 2 aliphatic rings. The van der Waals surface area contributed by atoms with Crippen LogP contribution in [0, 0.1) is 5.92 Å². The fraction of sp³-hybridized carbons (Fsp3) is 0.344. The number of anilines is 1. The third kappa shape index (κ3) is 7.78. The molecular formula is C32H35N6O9S2+. The lowest BCUT2D eigenvalue weighted by Crippen LogP contribution is -2.71. The van der Waals surface area contributed by atoms with E-state index in [1.54, 1.807) is 10.8 Å². The molecule has 17 heteroatoms. The van der Waals surface area contributed by atoms with E-state index >= 15 is 0 Å². The molecule has 0 aliphatic carbocycles. The van der Waals surface area contributed by atoms with Crippen LogP contribution >= 0.6 is 23.1 Å². The minimum atomic E-state index is -1.77. The number of amides is 2. The van der Waals surface area contributed by atoms with Crippen molar-refractivity contribution < 1.29 is 49.0 Å². The van der Waals surface area contributed by atoms with Crippen LogP contribution in [-0.2, 0) is 37.0 Å². The smallest absolute Gasteiger partial charge is 0.352 e. The highest BCUT2D eigenvalue weighted by Crippen LogP contribution is 2.42. The number of thiazole rings is 1. The van der Waals surface area contributed by atoms with Crippen molar-refractivity contribution in [3.8, 4) is 11.5 Å². The largest absolute Gasteiger partial charge is 0.504 e. The van der Waals surface area contributed by atoms with Gasteiger partial charge in [-0.15, -0.1) is 23.1 Å². The van der Waals surface area contributed by atoms with E-state index in [1.165, 1.54) is 48.2 Å². The lowest BCUT2D eigenvalue weighted by Gasteiger charge is -2.49. The van der Waals surface area contributed by atoms with Crippen LogP contribution in [0.3, 0.4) is 0 Å². The standard InChI is InChI=1S/C32H34N6O9S2/c1-16(10-17-4-6-18(7-5-17)12-37-9-8-21(39)22(40)13-37)11-19-14-48-28-24(27(42)38(28)25(19)29(43)44)35-26(41)23(20-15-49-31(33)34-20)36-47-32(2,3)30(45)46/h4-9,13,15-16,24,28H,10-12,14H2,1-3H3,(H6,33,34,35,40,41,43,44,45,46)/p+1/b36-23-/t16?,24-,28-/m1/s1. The van der Waals surface area contributed by atoms with Crippen LogP contribution in [0.15, 0.2) is 64.5 Å². The molecule has 1 unspecified atom stereocenters. The van der Waals surface area contributed by atoms with E-state index in [0.717, 1.165) is 22.5 Å². The number of aromatic nitrogens is 2. The lowest BCUT2D eigenvalue weighted by molar-refractivity contribution is -0.688. The molecule has 0 spiro atoms. The number of pyridine rings is 1. The number of benzene rings is 1. The number of nitrogens with one attached hydrogen (secondary N) is 1. The van der Waals surface area contributed by atoms with Gasteiger partial charge >= 0.3 is 11.9 Å². The first-order chi connectivity index (χ1) is 23.1. The molecule has 3 atom stereocenters. The molecule has 15 nitrogen and oxygen atoms in total. The summed E-state index contributed by atoms with van der Waals surface area (Å²) in [4.78, 5) is 60.9. The number of aromatic hydroxyl groups is 2. The molecule has 2 aliphatic heterocycles. The van der Waals surface area contributed by atoms with E-state index in [1.807, 2.05) is 31.2 Å². The van der Waals surface area contributed by atoms with Crippen molar-refractivity contribution in [1.29, 1.82) is 0 Å². The third-order valence-electron chi connectivity index (χ3n) is 7.94. The van der Waals surface area contributed by atoms with Gasteiger partial charge in [0.2, 0.25) is 17.5 Å². The van der Waals surface area contributed by atoms with Gasteiger partial charge in [-0.2, -0.15) is 4.57 Å². The average Bonchev–Trinajstić information content (AvgIpc) is 3.47. The van der Waals surface area contributed by atoms with Gasteiger partial charge in [0.05, 0.1) is 0 Å². The molecule has 7 N–H and O–H groups in total. The Bertz CT molecular complexity index is 1860. The Morgan fingerprint density at radius 3 is 2.45 bits per heavy atom. The maximum Gasteiger partial charge on any atom is 0.352 e. The number of aliphatic carboxylic acids is 2. The van der Waals surface area contributed by atoms with E-state index in [4.69, 9.17) is 10.6 Å².